The number of hydrogen-bond donors (Lipinski definition) is 1. The van der Waals surface area contributed by atoms with Crippen LogP contribution in [0.1, 0.15) is 13.3 Å². The number of ether oxygens (including phenoxy) is 1. The predicted octanol–water partition coefficient (Wildman–Crippen LogP) is 1.78. The number of urea groups is 1. The van der Waals surface area contributed by atoms with Gasteiger partial charge < -0.3 is 10.1 Å². The van der Waals surface area contributed by atoms with Crippen molar-refractivity contribution in [3.63, 3.8) is 0 Å². The van der Waals surface area contributed by atoms with Crippen LogP contribution in [0.15, 0.2) is 24.3 Å². The number of nitrogens with one attached hydrogen (secondary N) is 1. The van der Waals surface area contributed by atoms with Gasteiger partial charge in [-0.25, -0.2) is 9.69 Å². The molecule has 1 aliphatic rings. The van der Waals surface area contributed by atoms with Crippen molar-refractivity contribution in [3.05, 3.63) is 24.3 Å². The lowest BCUT2D eigenvalue weighted by Crippen LogP contribution is -2.41. The van der Waals surface area contributed by atoms with Crippen LogP contribution < -0.4 is 15.0 Å². The Morgan fingerprint density at radius 3 is 2.78 bits per heavy atom. The second-order valence-corrected chi connectivity index (χ2v) is 4.40. The van der Waals surface area contributed by atoms with Gasteiger partial charge in [-0.2, -0.15) is 0 Å². The Balaban J connectivity index is 2.40. The second-order valence-electron chi connectivity index (χ2n) is 4.40. The maximum atomic E-state index is 12.1. The van der Waals surface area contributed by atoms with Crippen molar-refractivity contribution in [3.8, 4) is 5.75 Å². The molecule has 1 aliphatic heterocycles. The molecule has 1 aromatic carbocycles. The molecule has 96 valence electrons. The van der Waals surface area contributed by atoms with Crippen LogP contribution in [0, 0.1) is 5.92 Å². The quantitative estimate of drug-likeness (QED) is 0.867. The molecule has 5 heteroatoms. The van der Waals surface area contributed by atoms with Crippen LogP contribution >= 0.6 is 0 Å². The van der Waals surface area contributed by atoms with E-state index in [0.717, 1.165) is 4.90 Å². The van der Waals surface area contributed by atoms with Gasteiger partial charge in [0, 0.05) is 13.0 Å². The summed E-state index contributed by atoms with van der Waals surface area (Å²) in [6, 6.07) is 6.60. The summed E-state index contributed by atoms with van der Waals surface area (Å²) in [7, 11) is 1.52. The molecule has 1 unspecified atom stereocenters. The molecule has 2 rings (SSSR count). The lowest BCUT2D eigenvalue weighted by molar-refractivity contribution is -0.118. The molecule has 0 aromatic heterocycles. The van der Waals surface area contributed by atoms with Crippen LogP contribution in [0.3, 0.4) is 0 Å². The van der Waals surface area contributed by atoms with Crippen LogP contribution in [0.2, 0.25) is 0 Å². The zero-order chi connectivity index (χ0) is 13.1. The first kappa shape index (κ1) is 12.4. The number of benzene rings is 1. The summed E-state index contributed by atoms with van der Waals surface area (Å²) < 4.78 is 5.19. The average molecular weight is 248 g/mol. The number of amides is 3. The molecule has 18 heavy (non-hydrogen) atoms. The van der Waals surface area contributed by atoms with E-state index in [1.807, 2.05) is 6.92 Å². The first-order valence-corrected chi connectivity index (χ1v) is 5.87. The minimum absolute atomic E-state index is 0.140. The zero-order valence-electron chi connectivity index (χ0n) is 10.5. The number of para-hydroxylation sites is 2. The average Bonchev–Trinajstić information content (AvgIpc) is 2.48. The fraction of sp³-hybridized carbons (Fsp3) is 0.385. The Hall–Kier alpha value is -2.04. The van der Waals surface area contributed by atoms with Gasteiger partial charge in [0.15, 0.2) is 0 Å². The number of imide groups is 1. The van der Waals surface area contributed by atoms with Crippen LogP contribution in [-0.4, -0.2) is 25.6 Å². The predicted molar refractivity (Wildman–Crippen MR) is 67.7 cm³/mol. The van der Waals surface area contributed by atoms with Gasteiger partial charge in [0.1, 0.15) is 5.75 Å². The molecule has 1 atom stereocenters. The van der Waals surface area contributed by atoms with Crippen molar-refractivity contribution in [1.82, 2.24) is 5.32 Å². The fourth-order valence-electron chi connectivity index (χ4n) is 1.97. The molecule has 1 heterocycles. The fourth-order valence-corrected chi connectivity index (χ4v) is 1.97. The minimum atomic E-state index is -0.395. The normalized spacial score (nSPS) is 20.3. The highest BCUT2D eigenvalue weighted by molar-refractivity contribution is 6.15. The van der Waals surface area contributed by atoms with Crippen LogP contribution in [-0.2, 0) is 4.79 Å². The van der Waals surface area contributed by atoms with Gasteiger partial charge in [-0.15, -0.1) is 0 Å². The van der Waals surface area contributed by atoms with Crippen molar-refractivity contribution in [2.75, 3.05) is 18.6 Å². The lowest BCUT2D eigenvalue weighted by Gasteiger charge is -2.20. The van der Waals surface area contributed by atoms with Crippen LogP contribution in [0.4, 0.5) is 10.5 Å². The Morgan fingerprint density at radius 2 is 2.06 bits per heavy atom. The molecular weight excluding hydrogens is 232 g/mol. The highest BCUT2D eigenvalue weighted by Crippen LogP contribution is 2.29. The first-order valence-electron chi connectivity index (χ1n) is 5.87. The minimum Gasteiger partial charge on any atom is -0.495 e. The van der Waals surface area contributed by atoms with Gasteiger partial charge in [-0.1, -0.05) is 19.1 Å². The molecule has 0 spiro atoms. The van der Waals surface area contributed by atoms with Crippen molar-refractivity contribution in [2.45, 2.75) is 13.3 Å². The smallest absolute Gasteiger partial charge is 0.328 e. The van der Waals surface area contributed by atoms with E-state index in [0.29, 0.717) is 24.4 Å². The third-order valence-electron chi connectivity index (χ3n) is 2.90. The Labute approximate surface area is 106 Å². The van der Waals surface area contributed by atoms with Crippen LogP contribution in [0.25, 0.3) is 0 Å². The molecule has 1 saturated heterocycles. The summed E-state index contributed by atoms with van der Waals surface area (Å²) in [6.45, 7) is 2.44. The highest BCUT2D eigenvalue weighted by Gasteiger charge is 2.30. The van der Waals surface area contributed by atoms with Gasteiger partial charge >= 0.3 is 6.03 Å². The molecule has 5 nitrogen and oxygen atoms in total. The number of carbonyl (C=O) groups excluding carboxylic acids is 2. The SMILES string of the molecule is COc1ccccc1N1C(=O)CC(C)CNC1=O. The van der Waals surface area contributed by atoms with E-state index in [1.54, 1.807) is 24.3 Å². The number of methoxy groups -OCH3 is 1. The number of hydrogen-bond acceptors (Lipinski definition) is 3. The topological polar surface area (TPSA) is 58.6 Å². The molecular formula is C13H16N2O3. The molecule has 0 aliphatic carbocycles. The van der Waals surface area contributed by atoms with Crippen molar-refractivity contribution < 1.29 is 14.3 Å². The molecule has 3 amide bonds. The molecule has 1 fully saturated rings. The largest absolute Gasteiger partial charge is 0.495 e. The van der Waals surface area contributed by atoms with Gasteiger partial charge in [-0.3, -0.25) is 4.79 Å². The van der Waals surface area contributed by atoms with E-state index >= 15 is 0 Å². The van der Waals surface area contributed by atoms with Gasteiger partial charge in [0.25, 0.3) is 0 Å². The summed E-state index contributed by atoms with van der Waals surface area (Å²) in [4.78, 5) is 25.2. The summed E-state index contributed by atoms with van der Waals surface area (Å²) in [5.74, 6) is 0.443. The molecule has 1 N–H and O–H groups in total. The maximum Gasteiger partial charge on any atom is 0.328 e. The number of anilines is 1. The monoisotopic (exact) mass is 248 g/mol. The second kappa shape index (κ2) is 5.08. The molecule has 1 aromatic rings. The van der Waals surface area contributed by atoms with Gasteiger partial charge in [0.05, 0.1) is 12.8 Å². The molecule has 0 saturated carbocycles. The van der Waals surface area contributed by atoms with E-state index in [4.69, 9.17) is 4.74 Å². The standard InChI is InChI=1S/C13H16N2O3/c1-9-7-12(16)15(13(17)14-8-9)10-5-3-4-6-11(10)18-2/h3-6,9H,7-8H2,1-2H3,(H,14,17). The molecule has 0 radical (unpaired) electrons. The summed E-state index contributed by atoms with van der Waals surface area (Å²) in [5, 5.41) is 2.74. The third kappa shape index (κ3) is 2.30. The highest BCUT2D eigenvalue weighted by atomic mass is 16.5. The van der Waals surface area contributed by atoms with E-state index in [1.165, 1.54) is 7.11 Å². The van der Waals surface area contributed by atoms with E-state index in [9.17, 15) is 9.59 Å². The number of nitrogens with zero attached hydrogens (tertiary/aromatic N) is 1. The summed E-state index contributed by atoms with van der Waals surface area (Å²) in [6.07, 6.45) is 0.344. The Bertz CT molecular complexity index is 473. The first-order chi connectivity index (χ1) is 8.63. The number of carbonyl (C=O) groups is 2. The zero-order valence-corrected chi connectivity index (χ0v) is 10.5. The summed E-state index contributed by atoms with van der Waals surface area (Å²) >= 11 is 0. The van der Waals surface area contributed by atoms with Crippen molar-refractivity contribution in [1.29, 1.82) is 0 Å². The maximum absolute atomic E-state index is 12.1. The number of rotatable bonds is 2. The third-order valence-corrected chi connectivity index (χ3v) is 2.90. The molecule has 0 bridgehead atoms. The van der Waals surface area contributed by atoms with Crippen LogP contribution in [0.5, 0.6) is 5.75 Å². The van der Waals surface area contributed by atoms with Crippen molar-refractivity contribution >= 4 is 17.6 Å². The van der Waals surface area contributed by atoms with Gasteiger partial charge in [-0.05, 0) is 18.1 Å². The Kier molecular flexibility index (Phi) is 3.50. The van der Waals surface area contributed by atoms with Crippen molar-refractivity contribution in [2.24, 2.45) is 5.92 Å². The van der Waals surface area contributed by atoms with E-state index < -0.39 is 6.03 Å². The van der Waals surface area contributed by atoms with Gasteiger partial charge in [0.2, 0.25) is 5.91 Å². The van der Waals surface area contributed by atoms with E-state index in [-0.39, 0.29) is 11.8 Å². The van der Waals surface area contributed by atoms with E-state index in [2.05, 4.69) is 5.32 Å². The Morgan fingerprint density at radius 1 is 1.33 bits per heavy atom. The summed E-state index contributed by atoms with van der Waals surface area (Å²) in [5.41, 5.74) is 0.483. The lowest BCUT2D eigenvalue weighted by atomic mass is 10.1.